The van der Waals surface area contributed by atoms with Crippen LogP contribution in [0.2, 0.25) is 0 Å². The first-order chi connectivity index (χ1) is 10.9. The average molecular weight is 312 g/mol. The number of hydrogen-bond acceptors (Lipinski definition) is 3. The maximum atomic E-state index is 4.86. The van der Waals surface area contributed by atoms with Gasteiger partial charge < -0.3 is 4.90 Å². The third kappa shape index (κ3) is 3.02. The molecule has 0 atom stereocenters. The lowest BCUT2D eigenvalue weighted by Gasteiger charge is -2.26. The first-order valence-corrected chi connectivity index (χ1v) is 9.45. The molecule has 22 heavy (non-hydrogen) atoms. The minimum Gasteiger partial charge on any atom is -0.303 e. The van der Waals surface area contributed by atoms with E-state index in [-0.39, 0.29) is 0 Å². The lowest BCUT2D eigenvalue weighted by atomic mass is 10.1. The minimum atomic E-state index is 0.901. The number of rotatable bonds is 4. The van der Waals surface area contributed by atoms with Crippen molar-refractivity contribution in [1.82, 2.24) is 4.90 Å². The summed E-state index contributed by atoms with van der Waals surface area (Å²) >= 11 is 1.96. The Morgan fingerprint density at radius 3 is 2.86 bits per heavy atom. The van der Waals surface area contributed by atoms with E-state index in [9.17, 15) is 0 Å². The molecule has 116 valence electrons. The molecule has 1 aliphatic carbocycles. The number of nitrogens with zero attached hydrogens (tertiary/aromatic N) is 2. The van der Waals surface area contributed by atoms with Gasteiger partial charge in [0.2, 0.25) is 0 Å². The van der Waals surface area contributed by atoms with Crippen molar-refractivity contribution in [2.24, 2.45) is 4.99 Å². The van der Waals surface area contributed by atoms with Gasteiger partial charge in [-0.1, -0.05) is 42.4 Å². The van der Waals surface area contributed by atoms with Gasteiger partial charge in [0.05, 0.1) is 11.6 Å². The van der Waals surface area contributed by atoms with Crippen LogP contribution in [0.5, 0.6) is 0 Å². The second-order valence-corrected chi connectivity index (χ2v) is 7.72. The summed E-state index contributed by atoms with van der Waals surface area (Å²) in [4.78, 5) is 9.05. The Labute approximate surface area is 137 Å². The molecule has 0 radical (unpaired) electrons. The quantitative estimate of drug-likeness (QED) is 0.820. The molecule has 0 N–H and O–H groups in total. The van der Waals surface area contributed by atoms with Crippen molar-refractivity contribution >= 4 is 22.4 Å². The van der Waals surface area contributed by atoms with E-state index in [2.05, 4.69) is 29.2 Å². The molecule has 1 saturated heterocycles. The van der Waals surface area contributed by atoms with Crippen molar-refractivity contribution in [2.45, 2.75) is 38.5 Å². The van der Waals surface area contributed by atoms with Crippen LogP contribution in [-0.2, 0) is 6.42 Å². The van der Waals surface area contributed by atoms with Crippen molar-refractivity contribution in [1.29, 1.82) is 0 Å². The zero-order valence-electron chi connectivity index (χ0n) is 13.2. The summed E-state index contributed by atoms with van der Waals surface area (Å²) in [6.45, 7) is 4.78. The number of aliphatic imine (C=N–C) groups is 1. The standard InChI is InChI=1S/C19H24N2S/c1-4-10-21(11-5-1)12-6-9-19-20-14-17-16-8-3-2-7-15(16)13-18(17)22-19/h2-3,7-8H,1,4-6,9-14H2. The number of benzene rings is 1. The molecule has 2 aliphatic heterocycles. The summed E-state index contributed by atoms with van der Waals surface area (Å²) in [5.41, 5.74) is 4.42. The summed E-state index contributed by atoms with van der Waals surface area (Å²) in [6.07, 6.45) is 7.77. The first kappa shape index (κ1) is 14.5. The number of piperidine rings is 1. The van der Waals surface area contributed by atoms with Gasteiger partial charge >= 0.3 is 0 Å². The molecule has 0 aromatic heterocycles. The van der Waals surface area contributed by atoms with E-state index in [0.717, 1.165) is 19.4 Å². The van der Waals surface area contributed by atoms with Crippen molar-refractivity contribution in [2.75, 3.05) is 26.2 Å². The van der Waals surface area contributed by atoms with E-state index in [4.69, 9.17) is 4.99 Å². The molecule has 2 nitrogen and oxygen atoms in total. The van der Waals surface area contributed by atoms with Crippen LogP contribution in [0.3, 0.4) is 0 Å². The molecule has 4 rings (SSSR count). The molecule has 0 saturated carbocycles. The highest BCUT2D eigenvalue weighted by atomic mass is 32.2. The molecule has 3 aliphatic rings. The van der Waals surface area contributed by atoms with E-state index < -0.39 is 0 Å². The Morgan fingerprint density at radius 1 is 1.09 bits per heavy atom. The third-order valence-corrected chi connectivity index (χ3v) is 6.20. The lowest BCUT2D eigenvalue weighted by Crippen LogP contribution is -2.30. The Kier molecular flexibility index (Phi) is 4.35. The van der Waals surface area contributed by atoms with Crippen molar-refractivity contribution in [3.63, 3.8) is 0 Å². The van der Waals surface area contributed by atoms with Crippen LogP contribution in [0, 0.1) is 0 Å². The summed E-state index contributed by atoms with van der Waals surface area (Å²) in [5.74, 6) is 0. The van der Waals surface area contributed by atoms with Crippen LogP contribution in [0.4, 0.5) is 0 Å². The second-order valence-electron chi connectivity index (χ2n) is 6.55. The Hall–Kier alpha value is -1.06. The topological polar surface area (TPSA) is 15.6 Å². The van der Waals surface area contributed by atoms with Gasteiger partial charge in [-0.15, -0.1) is 0 Å². The highest BCUT2D eigenvalue weighted by Gasteiger charge is 2.25. The SMILES string of the molecule is c1ccc2c(c1)CC1=C2CN=C(CCCN2CCCCC2)S1. The highest BCUT2D eigenvalue weighted by Crippen LogP contribution is 2.42. The number of allylic oxidation sites excluding steroid dienone is 1. The smallest absolute Gasteiger partial charge is 0.0725 e. The number of fused-ring (bicyclic) bond motifs is 2. The molecular weight excluding hydrogens is 288 g/mol. The van der Waals surface area contributed by atoms with Crippen molar-refractivity contribution < 1.29 is 0 Å². The molecule has 2 heterocycles. The zero-order chi connectivity index (χ0) is 14.8. The molecule has 3 heteroatoms. The Bertz CT molecular complexity index is 612. The van der Waals surface area contributed by atoms with Gasteiger partial charge in [0.1, 0.15) is 0 Å². The predicted octanol–water partition coefficient (Wildman–Crippen LogP) is 4.37. The largest absolute Gasteiger partial charge is 0.303 e. The summed E-state index contributed by atoms with van der Waals surface area (Å²) in [7, 11) is 0. The summed E-state index contributed by atoms with van der Waals surface area (Å²) in [6, 6.07) is 8.83. The van der Waals surface area contributed by atoms with Gasteiger partial charge in [0.25, 0.3) is 0 Å². The highest BCUT2D eigenvalue weighted by molar-refractivity contribution is 8.17. The van der Waals surface area contributed by atoms with E-state index in [1.807, 2.05) is 11.8 Å². The monoisotopic (exact) mass is 312 g/mol. The third-order valence-electron chi connectivity index (χ3n) is 5.00. The van der Waals surface area contributed by atoms with Gasteiger partial charge in [-0.05, 0) is 62.0 Å². The van der Waals surface area contributed by atoms with Gasteiger partial charge in [0.15, 0.2) is 0 Å². The van der Waals surface area contributed by atoms with Gasteiger partial charge in [0, 0.05) is 11.3 Å². The lowest BCUT2D eigenvalue weighted by molar-refractivity contribution is 0.228. The fraction of sp³-hybridized carbons (Fsp3) is 0.526. The van der Waals surface area contributed by atoms with Crippen LogP contribution >= 0.6 is 11.8 Å². The minimum absolute atomic E-state index is 0.901. The van der Waals surface area contributed by atoms with E-state index in [1.165, 1.54) is 67.1 Å². The van der Waals surface area contributed by atoms with E-state index in [1.54, 1.807) is 4.91 Å². The Balaban J connectivity index is 1.30. The van der Waals surface area contributed by atoms with Crippen molar-refractivity contribution in [3.8, 4) is 0 Å². The van der Waals surface area contributed by atoms with Crippen LogP contribution in [0.25, 0.3) is 5.57 Å². The summed E-state index contributed by atoms with van der Waals surface area (Å²) in [5, 5.41) is 1.36. The molecule has 1 aromatic carbocycles. The molecule has 1 aromatic rings. The van der Waals surface area contributed by atoms with Crippen LogP contribution < -0.4 is 0 Å². The maximum absolute atomic E-state index is 4.86. The molecule has 0 bridgehead atoms. The molecule has 0 amide bonds. The average Bonchev–Trinajstić information content (AvgIpc) is 2.93. The Morgan fingerprint density at radius 2 is 1.95 bits per heavy atom. The first-order valence-electron chi connectivity index (χ1n) is 8.64. The summed E-state index contributed by atoms with van der Waals surface area (Å²) < 4.78 is 0. The molecule has 0 spiro atoms. The molecule has 1 fully saturated rings. The fourth-order valence-corrected chi connectivity index (χ4v) is 4.96. The van der Waals surface area contributed by atoms with Crippen LogP contribution in [0.1, 0.15) is 43.2 Å². The van der Waals surface area contributed by atoms with Gasteiger partial charge in [-0.25, -0.2) is 0 Å². The second kappa shape index (κ2) is 6.59. The normalized spacial score (nSPS) is 21.5. The molecule has 0 unspecified atom stereocenters. The zero-order valence-corrected chi connectivity index (χ0v) is 14.0. The molecular formula is C19H24N2S. The van der Waals surface area contributed by atoms with Crippen LogP contribution in [0.15, 0.2) is 34.2 Å². The predicted molar refractivity (Wildman–Crippen MR) is 96.5 cm³/mol. The van der Waals surface area contributed by atoms with Gasteiger partial charge in [-0.2, -0.15) is 0 Å². The van der Waals surface area contributed by atoms with Crippen molar-refractivity contribution in [3.05, 3.63) is 40.3 Å². The maximum Gasteiger partial charge on any atom is 0.0725 e. The fourth-order valence-electron chi connectivity index (χ4n) is 3.78. The number of likely N-dealkylation sites (tertiary alicyclic amines) is 1. The van der Waals surface area contributed by atoms with E-state index >= 15 is 0 Å². The van der Waals surface area contributed by atoms with Crippen LogP contribution in [-0.4, -0.2) is 36.1 Å². The number of hydrogen-bond donors (Lipinski definition) is 0. The van der Waals surface area contributed by atoms with E-state index in [0.29, 0.717) is 0 Å². The van der Waals surface area contributed by atoms with Gasteiger partial charge in [-0.3, -0.25) is 4.99 Å². The number of thioether (sulfide) groups is 1.